The number of ether oxygens (including phenoxy) is 1. The lowest BCUT2D eigenvalue weighted by Crippen LogP contribution is -1.99. The summed E-state index contributed by atoms with van der Waals surface area (Å²) in [7, 11) is 0. The summed E-state index contributed by atoms with van der Waals surface area (Å²) >= 11 is 0. The largest absolute Gasteiger partial charge is 0.489 e. The van der Waals surface area contributed by atoms with Gasteiger partial charge in [0.15, 0.2) is 0 Å². The lowest BCUT2D eigenvalue weighted by Gasteiger charge is -2.08. The molecule has 21 heavy (non-hydrogen) atoms. The van der Waals surface area contributed by atoms with Gasteiger partial charge in [0.05, 0.1) is 6.61 Å². The van der Waals surface area contributed by atoms with Crippen LogP contribution in [-0.2, 0) is 13.2 Å². The van der Waals surface area contributed by atoms with Crippen molar-refractivity contribution >= 4 is 0 Å². The van der Waals surface area contributed by atoms with Crippen LogP contribution in [0.1, 0.15) is 16.7 Å². The summed E-state index contributed by atoms with van der Waals surface area (Å²) in [6, 6.07) is 11.6. The van der Waals surface area contributed by atoms with Crippen LogP contribution >= 0.6 is 0 Å². The Bertz CT molecular complexity index is 654. The quantitative estimate of drug-likeness (QED) is 0.848. The van der Waals surface area contributed by atoms with Crippen molar-refractivity contribution in [2.75, 3.05) is 6.61 Å². The number of hydrogen-bond donors (Lipinski definition) is 2. The third-order valence-corrected chi connectivity index (χ3v) is 2.87. The Kier molecular flexibility index (Phi) is 5.33. The minimum atomic E-state index is -0.397. The maximum absolute atomic E-state index is 13.9. The Labute approximate surface area is 122 Å². The molecular formula is C17H15FO3. The SMILES string of the molecule is OCC#Cc1ccc(COc2ccc(CO)cc2)c(F)c1. The number of hydrogen-bond acceptors (Lipinski definition) is 3. The summed E-state index contributed by atoms with van der Waals surface area (Å²) < 4.78 is 19.4. The van der Waals surface area contributed by atoms with Gasteiger partial charge in [0.25, 0.3) is 0 Å². The molecular weight excluding hydrogens is 271 g/mol. The molecule has 0 atom stereocenters. The fraction of sp³-hybridized carbons (Fsp3) is 0.176. The molecule has 0 radical (unpaired) electrons. The zero-order chi connectivity index (χ0) is 15.1. The summed E-state index contributed by atoms with van der Waals surface area (Å²) in [5.41, 5.74) is 1.73. The average molecular weight is 286 g/mol. The second-order valence-electron chi connectivity index (χ2n) is 4.36. The van der Waals surface area contributed by atoms with Crippen molar-refractivity contribution in [1.29, 1.82) is 0 Å². The van der Waals surface area contributed by atoms with E-state index in [1.54, 1.807) is 36.4 Å². The predicted octanol–water partition coefficient (Wildman–Crippen LogP) is 2.24. The summed E-state index contributed by atoms with van der Waals surface area (Å²) in [6.07, 6.45) is 0. The first-order valence-electron chi connectivity index (χ1n) is 6.43. The van der Waals surface area contributed by atoms with Crippen molar-refractivity contribution < 1.29 is 19.3 Å². The monoisotopic (exact) mass is 286 g/mol. The van der Waals surface area contributed by atoms with Gasteiger partial charge >= 0.3 is 0 Å². The lowest BCUT2D eigenvalue weighted by atomic mass is 10.1. The Balaban J connectivity index is 2.02. The van der Waals surface area contributed by atoms with Crippen LogP contribution in [0.2, 0.25) is 0 Å². The van der Waals surface area contributed by atoms with Crippen LogP contribution in [-0.4, -0.2) is 16.8 Å². The fourth-order valence-electron chi connectivity index (χ4n) is 1.74. The molecule has 0 heterocycles. The maximum atomic E-state index is 13.9. The summed E-state index contributed by atoms with van der Waals surface area (Å²) in [4.78, 5) is 0. The molecule has 0 aromatic heterocycles. The highest BCUT2D eigenvalue weighted by Gasteiger charge is 2.04. The minimum absolute atomic E-state index is 0.0226. The van der Waals surface area contributed by atoms with E-state index in [2.05, 4.69) is 11.8 Å². The molecule has 2 aromatic rings. The standard InChI is InChI=1S/C17H15FO3/c18-17-10-13(2-1-9-19)3-6-15(17)12-21-16-7-4-14(11-20)5-8-16/h3-8,10,19-20H,9,11-12H2. The molecule has 0 fully saturated rings. The number of aliphatic hydroxyl groups excluding tert-OH is 2. The van der Waals surface area contributed by atoms with Gasteiger partial charge in [-0.25, -0.2) is 4.39 Å². The maximum Gasteiger partial charge on any atom is 0.131 e. The van der Waals surface area contributed by atoms with Gasteiger partial charge in [0, 0.05) is 11.1 Å². The van der Waals surface area contributed by atoms with E-state index in [1.807, 2.05) is 0 Å². The molecule has 0 saturated carbocycles. The second-order valence-corrected chi connectivity index (χ2v) is 4.36. The van der Waals surface area contributed by atoms with E-state index in [-0.39, 0.29) is 19.8 Å². The molecule has 0 aliphatic heterocycles. The fourth-order valence-corrected chi connectivity index (χ4v) is 1.74. The van der Waals surface area contributed by atoms with Crippen LogP contribution in [0.3, 0.4) is 0 Å². The van der Waals surface area contributed by atoms with Gasteiger partial charge in [-0.1, -0.05) is 30.0 Å². The molecule has 0 unspecified atom stereocenters. The predicted molar refractivity (Wildman–Crippen MR) is 77.1 cm³/mol. The first-order chi connectivity index (χ1) is 10.2. The molecule has 0 spiro atoms. The van der Waals surface area contributed by atoms with Crippen molar-refractivity contribution in [2.45, 2.75) is 13.2 Å². The van der Waals surface area contributed by atoms with Crippen molar-refractivity contribution in [1.82, 2.24) is 0 Å². The summed E-state index contributed by atoms with van der Waals surface area (Å²) in [5, 5.41) is 17.5. The number of halogens is 1. The molecule has 108 valence electrons. The van der Waals surface area contributed by atoms with Crippen LogP contribution < -0.4 is 4.74 Å². The molecule has 3 nitrogen and oxygen atoms in total. The topological polar surface area (TPSA) is 49.7 Å². The molecule has 2 N–H and O–H groups in total. The van der Waals surface area contributed by atoms with Crippen molar-refractivity contribution in [3.63, 3.8) is 0 Å². The van der Waals surface area contributed by atoms with E-state index in [0.29, 0.717) is 16.9 Å². The average Bonchev–Trinajstić information content (AvgIpc) is 2.52. The van der Waals surface area contributed by atoms with Crippen LogP contribution in [0.25, 0.3) is 0 Å². The Hall–Kier alpha value is -2.35. The molecule has 2 rings (SSSR count). The number of rotatable bonds is 4. The van der Waals surface area contributed by atoms with Gasteiger partial charge < -0.3 is 14.9 Å². The van der Waals surface area contributed by atoms with Crippen molar-refractivity contribution in [3.8, 4) is 17.6 Å². The molecule has 0 saturated heterocycles. The zero-order valence-corrected chi connectivity index (χ0v) is 11.3. The Morgan fingerprint density at radius 1 is 1.05 bits per heavy atom. The van der Waals surface area contributed by atoms with Crippen LogP contribution in [0.15, 0.2) is 42.5 Å². The molecule has 0 aliphatic rings. The Morgan fingerprint density at radius 3 is 2.43 bits per heavy atom. The van der Waals surface area contributed by atoms with Crippen LogP contribution in [0, 0.1) is 17.7 Å². The highest BCUT2D eigenvalue weighted by molar-refractivity contribution is 5.37. The summed E-state index contributed by atoms with van der Waals surface area (Å²) in [5.74, 6) is 5.32. The lowest BCUT2D eigenvalue weighted by molar-refractivity contribution is 0.280. The number of benzene rings is 2. The van der Waals surface area contributed by atoms with E-state index in [1.165, 1.54) is 6.07 Å². The van der Waals surface area contributed by atoms with E-state index in [9.17, 15) is 4.39 Å². The van der Waals surface area contributed by atoms with E-state index in [0.717, 1.165) is 5.56 Å². The van der Waals surface area contributed by atoms with E-state index < -0.39 is 5.82 Å². The zero-order valence-electron chi connectivity index (χ0n) is 11.3. The van der Waals surface area contributed by atoms with Crippen LogP contribution in [0.4, 0.5) is 4.39 Å². The first-order valence-corrected chi connectivity index (χ1v) is 6.43. The normalized spacial score (nSPS) is 9.86. The molecule has 0 bridgehead atoms. The first kappa shape index (κ1) is 15.0. The van der Waals surface area contributed by atoms with Gasteiger partial charge in [-0.05, 0) is 29.8 Å². The van der Waals surface area contributed by atoms with Gasteiger partial charge in [-0.15, -0.1) is 0 Å². The smallest absolute Gasteiger partial charge is 0.131 e. The molecule has 2 aromatic carbocycles. The molecule has 0 amide bonds. The summed E-state index contributed by atoms with van der Waals surface area (Å²) in [6.45, 7) is -0.167. The van der Waals surface area contributed by atoms with E-state index in [4.69, 9.17) is 14.9 Å². The molecule has 0 aliphatic carbocycles. The van der Waals surface area contributed by atoms with Crippen molar-refractivity contribution in [3.05, 3.63) is 65.0 Å². The van der Waals surface area contributed by atoms with Gasteiger partial charge in [0.1, 0.15) is 24.8 Å². The van der Waals surface area contributed by atoms with Gasteiger partial charge in [-0.3, -0.25) is 0 Å². The Morgan fingerprint density at radius 2 is 1.81 bits per heavy atom. The highest BCUT2D eigenvalue weighted by Crippen LogP contribution is 2.16. The third-order valence-electron chi connectivity index (χ3n) is 2.87. The van der Waals surface area contributed by atoms with Crippen LogP contribution in [0.5, 0.6) is 5.75 Å². The van der Waals surface area contributed by atoms with E-state index >= 15 is 0 Å². The third kappa shape index (κ3) is 4.32. The van der Waals surface area contributed by atoms with Crippen molar-refractivity contribution in [2.24, 2.45) is 0 Å². The van der Waals surface area contributed by atoms with Gasteiger partial charge in [-0.2, -0.15) is 0 Å². The highest BCUT2D eigenvalue weighted by atomic mass is 19.1. The minimum Gasteiger partial charge on any atom is -0.489 e. The second kappa shape index (κ2) is 7.44. The van der Waals surface area contributed by atoms with Gasteiger partial charge in [0.2, 0.25) is 0 Å². The number of aliphatic hydroxyl groups is 2. The molecule has 4 heteroatoms.